The van der Waals surface area contributed by atoms with Crippen molar-refractivity contribution in [3.05, 3.63) is 29.8 Å². The number of benzene rings is 1. The number of hydrogen-bond donors (Lipinski definition) is 3. The quantitative estimate of drug-likeness (QED) is 0.780. The zero-order chi connectivity index (χ0) is 15.2. The molecule has 0 unspecified atom stereocenters. The summed E-state index contributed by atoms with van der Waals surface area (Å²) in [6.07, 6.45) is -0.498. The summed E-state index contributed by atoms with van der Waals surface area (Å²) in [5.74, 6) is -0.207. The molecule has 110 valence electrons. The molecule has 6 heteroatoms. The number of amides is 2. The van der Waals surface area contributed by atoms with Crippen LogP contribution in [0.3, 0.4) is 0 Å². The van der Waals surface area contributed by atoms with E-state index in [1.54, 1.807) is 32.9 Å². The molecule has 0 aromatic heterocycles. The fourth-order valence-corrected chi connectivity index (χ4v) is 1.40. The van der Waals surface area contributed by atoms with E-state index in [2.05, 4.69) is 10.6 Å². The maximum absolute atomic E-state index is 11.6. The van der Waals surface area contributed by atoms with Crippen molar-refractivity contribution in [3.8, 4) is 0 Å². The average molecular weight is 279 g/mol. The number of nitrogens with two attached hydrogens (primary N) is 1. The van der Waals surface area contributed by atoms with E-state index in [0.29, 0.717) is 12.2 Å². The molecule has 1 aromatic rings. The summed E-state index contributed by atoms with van der Waals surface area (Å²) in [5.41, 5.74) is 6.21. The van der Waals surface area contributed by atoms with E-state index in [1.807, 2.05) is 12.1 Å². The Balaban J connectivity index is 2.50. The first-order valence-corrected chi connectivity index (χ1v) is 6.36. The van der Waals surface area contributed by atoms with Crippen molar-refractivity contribution in [2.24, 2.45) is 5.73 Å². The SMILES string of the molecule is CC(C)(C)OC(=O)Nc1ccc(CNC(=O)CN)cc1. The van der Waals surface area contributed by atoms with Gasteiger partial charge in [-0.2, -0.15) is 0 Å². The van der Waals surface area contributed by atoms with Gasteiger partial charge in [0.05, 0.1) is 6.54 Å². The largest absolute Gasteiger partial charge is 0.444 e. The zero-order valence-electron chi connectivity index (χ0n) is 12.0. The van der Waals surface area contributed by atoms with Crippen LogP contribution in [0.15, 0.2) is 24.3 Å². The van der Waals surface area contributed by atoms with Crippen LogP contribution in [0, 0.1) is 0 Å². The number of hydrogen-bond acceptors (Lipinski definition) is 4. The molecule has 0 radical (unpaired) electrons. The molecule has 0 spiro atoms. The van der Waals surface area contributed by atoms with Crippen LogP contribution >= 0.6 is 0 Å². The first kappa shape index (κ1) is 16.0. The topological polar surface area (TPSA) is 93.5 Å². The molecular weight excluding hydrogens is 258 g/mol. The molecule has 0 saturated carbocycles. The second-order valence-electron chi connectivity index (χ2n) is 5.30. The fraction of sp³-hybridized carbons (Fsp3) is 0.429. The molecule has 0 fully saturated rings. The summed E-state index contributed by atoms with van der Waals surface area (Å²) < 4.78 is 5.14. The van der Waals surface area contributed by atoms with Gasteiger partial charge in [0, 0.05) is 12.2 Å². The molecule has 0 saturated heterocycles. The van der Waals surface area contributed by atoms with Crippen molar-refractivity contribution in [1.29, 1.82) is 0 Å². The van der Waals surface area contributed by atoms with Gasteiger partial charge in [-0.3, -0.25) is 10.1 Å². The Hall–Kier alpha value is -2.08. The van der Waals surface area contributed by atoms with Gasteiger partial charge in [-0.25, -0.2) is 4.79 Å². The summed E-state index contributed by atoms with van der Waals surface area (Å²) in [6.45, 7) is 5.78. The minimum atomic E-state index is -0.531. The van der Waals surface area contributed by atoms with Crippen LogP contribution in [0.4, 0.5) is 10.5 Å². The molecule has 0 aliphatic carbocycles. The maximum Gasteiger partial charge on any atom is 0.412 e. The fourth-order valence-electron chi connectivity index (χ4n) is 1.40. The normalized spacial score (nSPS) is 10.8. The summed E-state index contributed by atoms with van der Waals surface area (Å²) >= 11 is 0. The van der Waals surface area contributed by atoms with Crippen molar-refractivity contribution < 1.29 is 14.3 Å². The average Bonchev–Trinajstić information content (AvgIpc) is 2.35. The van der Waals surface area contributed by atoms with Gasteiger partial charge in [-0.05, 0) is 38.5 Å². The van der Waals surface area contributed by atoms with E-state index in [1.165, 1.54) is 0 Å². The van der Waals surface area contributed by atoms with Gasteiger partial charge in [-0.1, -0.05) is 12.1 Å². The Morgan fingerprint density at radius 1 is 1.20 bits per heavy atom. The summed E-state index contributed by atoms with van der Waals surface area (Å²) in [4.78, 5) is 22.6. The van der Waals surface area contributed by atoms with Gasteiger partial charge in [-0.15, -0.1) is 0 Å². The van der Waals surface area contributed by atoms with E-state index in [4.69, 9.17) is 10.5 Å². The Morgan fingerprint density at radius 3 is 2.30 bits per heavy atom. The van der Waals surface area contributed by atoms with Crippen molar-refractivity contribution in [1.82, 2.24) is 5.32 Å². The van der Waals surface area contributed by atoms with Gasteiger partial charge in [0.25, 0.3) is 0 Å². The van der Waals surface area contributed by atoms with E-state index in [0.717, 1.165) is 5.56 Å². The second-order valence-corrected chi connectivity index (χ2v) is 5.30. The number of anilines is 1. The first-order chi connectivity index (χ1) is 9.30. The summed E-state index contributed by atoms with van der Waals surface area (Å²) in [5, 5.41) is 5.30. The van der Waals surface area contributed by atoms with Crippen LogP contribution in [-0.2, 0) is 16.1 Å². The van der Waals surface area contributed by atoms with Crippen LogP contribution in [0.25, 0.3) is 0 Å². The van der Waals surface area contributed by atoms with E-state index in [9.17, 15) is 9.59 Å². The molecule has 0 heterocycles. The number of carbonyl (C=O) groups excluding carboxylic acids is 2. The smallest absolute Gasteiger partial charge is 0.412 e. The Bertz CT molecular complexity index is 464. The number of rotatable bonds is 4. The molecule has 6 nitrogen and oxygen atoms in total. The van der Waals surface area contributed by atoms with Crippen LogP contribution in [0.1, 0.15) is 26.3 Å². The highest BCUT2D eigenvalue weighted by molar-refractivity contribution is 5.84. The van der Waals surface area contributed by atoms with Gasteiger partial charge in [0.1, 0.15) is 5.60 Å². The molecule has 0 atom stereocenters. The third kappa shape index (κ3) is 6.19. The molecule has 1 rings (SSSR count). The first-order valence-electron chi connectivity index (χ1n) is 6.36. The monoisotopic (exact) mass is 279 g/mol. The number of ether oxygens (including phenoxy) is 1. The predicted molar refractivity (Wildman–Crippen MR) is 77.2 cm³/mol. The minimum Gasteiger partial charge on any atom is -0.444 e. The van der Waals surface area contributed by atoms with Crippen molar-refractivity contribution in [2.75, 3.05) is 11.9 Å². The van der Waals surface area contributed by atoms with E-state index < -0.39 is 11.7 Å². The standard InChI is InChI=1S/C14H21N3O3/c1-14(2,3)20-13(19)17-11-6-4-10(5-7-11)9-16-12(18)8-15/h4-7H,8-9,15H2,1-3H3,(H,16,18)(H,17,19). The molecular formula is C14H21N3O3. The van der Waals surface area contributed by atoms with Crippen LogP contribution in [-0.4, -0.2) is 24.1 Å². The Labute approximate surface area is 118 Å². The molecule has 1 aromatic carbocycles. The molecule has 4 N–H and O–H groups in total. The lowest BCUT2D eigenvalue weighted by atomic mass is 10.2. The lowest BCUT2D eigenvalue weighted by Gasteiger charge is -2.19. The Morgan fingerprint density at radius 2 is 1.80 bits per heavy atom. The van der Waals surface area contributed by atoms with Gasteiger partial charge >= 0.3 is 6.09 Å². The molecule has 0 aliphatic rings. The lowest BCUT2D eigenvalue weighted by molar-refractivity contribution is -0.119. The number of nitrogens with one attached hydrogen (secondary N) is 2. The van der Waals surface area contributed by atoms with Gasteiger partial charge in [0.15, 0.2) is 0 Å². The van der Waals surface area contributed by atoms with E-state index in [-0.39, 0.29) is 12.5 Å². The van der Waals surface area contributed by atoms with Crippen LogP contribution in [0.2, 0.25) is 0 Å². The van der Waals surface area contributed by atoms with Crippen molar-refractivity contribution in [2.45, 2.75) is 32.9 Å². The Kier molecular flexibility index (Phi) is 5.52. The van der Waals surface area contributed by atoms with Gasteiger partial charge in [0.2, 0.25) is 5.91 Å². The zero-order valence-corrected chi connectivity index (χ0v) is 12.0. The van der Waals surface area contributed by atoms with Crippen molar-refractivity contribution >= 4 is 17.7 Å². The molecule has 0 bridgehead atoms. The molecule has 20 heavy (non-hydrogen) atoms. The third-order valence-electron chi connectivity index (χ3n) is 2.27. The molecule has 2 amide bonds. The predicted octanol–water partition coefficient (Wildman–Crippen LogP) is 1.61. The van der Waals surface area contributed by atoms with Crippen LogP contribution < -0.4 is 16.4 Å². The second kappa shape index (κ2) is 6.91. The summed E-state index contributed by atoms with van der Waals surface area (Å²) in [7, 11) is 0. The summed E-state index contributed by atoms with van der Waals surface area (Å²) in [6, 6.07) is 7.11. The van der Waals surface area contributed by atoms with Gasteiger partial charge < -0.3 is 15.8 Å². The van der Waals surface area contributed by atoms with Crippen molar-refractivity contribution in [3.63, 3.8) is 0 Å². The molecule has 0 aliphatic heterocycles. The lowest BCUT2D eigenvalue weighted by Crippen LogP contribution is -2.29. The maximum atomic E-state index is 11.6. The minimum absolute atomic E-state index is 0.0295. The highest BCUT2D eigenvalue weighted by Gasteiger charge is 2.15. The highest BCUT2D eigenvalue weighted by Crippen LogP contribution is 2.12. The number of carbonyl (C=O) groups is 2. The third-order valence-corrected chi connectivity index (χ3v) is 2.27. The van der Waals surface area contributed by atoms with Crippen LogP contribution in [0.5, 0.6) is 0 Å². The van der Waals surface area contributed by atoms with E-state index >= 15 is 0 Å². The highest BCUT2D eigenvalue weighted by atomic mass is 16.6.